The van der Waals surface area contributed by atoms with Crippen LogP contribution in [0.5, 0.6) is 11.5 Å². The van der Waals surface area contributed by atoms with E-state index in [-0.39, 0.29) is 5.78 Å². The van der Waals surface area contributed by atoms with Gasteiger partial charge in [0.1, 0.15) is 11.5 Å². The van der Waals surface area contributed by atoms with Crippen LogP contribution in [0, 0.1) is 13.8 Å². The van der Waals surface area contributed by atoms with Gasteiger partial charge in [-0.25, -0.2) is 0 Å². The number of benzene rings is 2. The highest BCUT2D eigenvalue weighted by molar-refractivity contribution is 9.09. The highest BCUT2D eigenvalue weighted by Gasteiger charge is 2.04. The molecule has 19 heavy (non-hydrogen) atoms. The predicted octanol–water partition coefficient (Wildman–Crippen LogP) is 4.67. The van der Waals surface area contributed by atoms with Crippen molar-refractivity contribution in [1.29, 1.82) is 0 Å². The molecule has 0 N–H and O–H groups in total. The molecule has 2 nitrogen and oxygen atoms in total. The lowest BCUT2D eigenvalue weighted by atomic mass is 10.1. The van der Waals surface area contributed by atoms with Crippen LogP contribution in [-0.2, 0) is 0 Å². The molecule has 0 saturated heterocycles. The van der Waals surface area contributed by atoms with Crippen LogP contribution >= 0.6 is 15.9 Å². The first-order valence-corrected chi connectivity index (χ1v) is 7.16. The van der Waals surface area contributed by atoms with Gasteiger partial charge in [0.15, 0.2) is 5.78 Å². The molecule has 0 saturated carbocycles. The second-order valence-electron chi connectivity index (χ2n) is 4.43. The van der Waals surface area contributed by atoms with Gasteiger partial charge in [-0.1, -0.05) is 22.0 Å². The second kappa shape index (κ2) is 6.02. The third-order valence-electron chi connectivity index (χ3n) is 3.01. The zero-order valence-corrected chi connectivity index (χ0v) is 12.5. The summed E-state index contributed by atoms with van der Waals surface area (Å²) in [6, 6.07) is 13.2. The normalized spacial score (nSPS) is 10.3. The molecular formula is C16H15BrO2. The molecular weight excluding hydrogens is 304 g/mol. The van der Waals surface area contributed by atoms with Crippen LogP contribution in [0.3, 0.4) is 0 Å². The largest absolute Gasteiger partial charge is 0.457 e. The lowest BCUT2D eigenvalue weighted by Gasteiger charge is -2.08. The summed E-state index contributed by atoms with van der Waals surface area (Å²) in [6.07, 6.45) is 0. The SMILES string of the molecule is Cc1ccc(Oc2ccc(C(=O)CBr)cc2)cc1C. The molecule has 0 amide bonds. The average molecular weight is 319 g/mol. The van der Waals surface area contributed by atoms with E-state index in [0.29, 0.717) is 10.9 Å². The number of carbonyl (C=O) groups excluding carboxylic acids is 1. The molecule has 0 heterocycles. The highest BCUT2D eigenvalue weighted by atomic mass is 79.9. The van der Waals surface area contributed by atoms with Crippen molar-refractivity contribution in [3.63, 3.8) is 0 Å². The molecule has 2 aromatic rings. The van der Waals surface area contributed by atoms with E-state index in [2.05, 4.69) is 29.8 Å². The first-order chi connectivity index (χ1) is 9.10. The first kappa shape index (κ1) is 13.8. The van der Waals surface area contributed by atoms with Crippen molar-refractivity contribution < 1.29 is 9.53 Å². The van der Waals surface area contributed by atoms with Gasteiger partial charge in [-0.15, -0.1) is 0 Å². The standard InChI is InChI=1S/C16H15BrO2/c1-11-3-6-15(9-12(11)2)19-14-7-4-13(5-8-14)16(18)10-17/h3-9H,10H2,1-2H3. The summed E-state index contributed by atoms with van der Waals surface area (Å²) in [5.74, 6) is 1.61. The Hall–Kier alpha value is -1.61. The summed E-state index contributed by atoms with van der Waals surface area (Å²) in [6.45, 7) is 4.12. The van der Waals surface area contributed by atoms with Gasteiger partial charge >= 0.3 is 0 Å². The molecule has 0 bridgehead atoms. The van der Waals surface area contributed by atoms with Crippen molar-refractivity contribution in [3.05, 3.63) is 59.2 Å². The molecule has 0 aliphatic heterocycles. The van der Waals surface area contributed by atoms with E-state index in [1.54, 1.807) is 12.1 Å². The van der Waals surface area contributed by atoms with Crippen LogP contribution in [0.2, 0.25) is 0 Å². The van der Waals surface area contributed by atoms with Crippen molar-refractivity contribution >= 4 is 21.7 Å². The number of carbonyl (C=O) groups is 1. The number of rotatable bonds is 4. The Morgan fingerprint density at radius 3 is 2.21 bits per heavy atom. The Balaban J connectivity index is 2.15. The van der Waals surface area contributed by atoms with E-state index in [1.807, 2.05) is 30.3 Å². The van der Waals surface area contributed by atoms with Gasteiger partial charge < -0.3 is 4.74 Å². The smallest absolute Gasteiger partial charge is 0.173 e. The summed E-state index contributed by atoms with van der Waals surface area (Å²) in [4.78, 5) is 11.5. The van der Waals surface area contributed by atoms with E-state index in [0.717, 1.165) is 11.5 Å². The minimum absolute atomic E-state index is 0.0673. The van der Waals surface area contributed by atoms with Crippen LogP contribution in [0.25, 0.3) is 0 Å². The average Bonchev–Trinajstić information content (AvgIpc) is 2.43. The molecule has 0 aliphatic rings. The van der Waals surface area contributed by atoms with Crippen LogP contribution in [0.15, 0.2) is 42.5 Å². The Kier molecular flexibility index (Phi) is 4.38. The van der Waals surface area contributed by atoms with E-state index in [9.17, 15) is 4.79 Å². The van der Waals surface area contributed by atoms with Gasteiger partial charge in [0, 0.05) is 5.56 Å². The van der Waals surface area contributed by atoms with Gasteiger partial charge in [0.2, 0.25) is 0 Å². The number of aryl methyl sites for hydroxylation is 2. The number of alkyl halides is 1. The quantitative estimate of drug-likeness (QED) is 0.604. The zero-order chi connectivity index (χ0) is 13.8. The predicted molar refractivity (Wildman–Crippen MR) is 80.6 cm³/mol. The molecule has 0 fully saturated rings. The molecule has 2 rings (SSSR count). The van der Waals surface area contributed by atoms with Crippen LogP contribution in [0.1, 0.15) is 21.5 Å². The summed E-state index contributed by atoms with van der Waals surface area (Å²) < 4.78 is 5.76. The summed E-state index contributed by atoms with van der Waals surface area (Å²) in [5.41, 5.74) is 3.12. The van der Waals surface area contributed by atoms with Gasteiger partial charge in [0.25, 0.3) is 0 Å². The Morgan fingerprint density at radius 1 is 1.00 bits per heavy atom. The maximum Gasteiger partial charge on any atom is 0.173 e. The Labute approximate surface area is 121 Å². The van der Waals surface area contributed by atoms with Crippen LogP contribution in [-0.4, -0.2) is 11.1 Å². The molecule has 0 atom stereocenters. The molecule has 3 heteroatoms. The third-order valence-corrected chi connectivity index (χ3v) is 3.52. The number of hydrogen-bond donors (Lipinski definition) is 0. The number of halogens is 1. The monoisotopic (exact) mass is 318 g/mol. The summed E-state index contributed by atoms with van der Waals surface area (Å²) in [5, 5.41) is 0.338. The molecule has 0 aromatic heterocycles. The number of ketones is 1. The van der Waals surface area contributed by atoms with Crippen molar-refractivity contribution in [2.75, 3.05) is 5.33 Å². The molecule has 0 unspecified atom stereocenters. The van der Waals surface area contributed by atoms with Crippen molar-refractivity contribution in [1.82, 2.24) is 0 Å². The van der Waals surface area contributed by atoms with Gasteiger partial charge in [-0.3, -0.25) is 4.79 Å². The first-order valence-electron chi connectivity index (χ1n) is 6.04. The summed E-state index contributed by atoms with van der Waals surface area (Å²) >= 11 is 3.16. The van der Waals surface area contributed by atoms with Gasteiger partial charge in [-0.2, -0.15) is 0 Å². The van der Waals surface area contributed by atoms with Gasteiger partial charge in [-0.05, 0) is 61.4 Å². The fraction of sp³-hybridized carbons (Fsp3) is 0.188. The van der Waals surface area contributed by atoms with Crippen LogP contribution in [0.4, 0.5) is 0 Å². The molecule has 0 radical (unpaired) electrons. The van der Waals surface area contributed by atoms with Gasteiger partial charge in [0.05, 0.1) is 5.33 Å². The zero-order valence-electron chi connectivity index (χ0n) is 10.9. The number of ether oxygens (including phenoxy) is 1. The topological polar surface area (TPSA) is 26.3 Å². The van der Waals surface area contributed by atoms with Crippen molar-refractivity contribution in [3.8, 4) is 11.5 Å². The molecule has 2 aromatic carbocycles. The van der Waals surface area contributed by atoms with E-state index in [1.165, 1.54) is 11.1 Å². The van der Waals surface area contributed by atoms with Crippen LogP contribution < -0.4 is 4.74 Å². The Morgan fingerprint density at radius 2 is 1.63 bits per heavy atom. The maximum atomic E-state index is 11.5. The van der Waals surface area contributed by atoms with E-state index < -0.39 is 0 Å². The minimum atomic E-state index is 0.0673. The second-order valence-corrected chi connectivity index (χ2v) is 4.99. The lowest BCUT2D eigenvalue weighted by Crippen LogP contribution is -1.99. The van der Waals surface area contributed by atoms with Crippen molar-refractivity contribution in [2.24, 2.45) is 0 Å². The minimum Gasteiger partial charge on any atom is -0.457 e. The Bertz CT molecular complexity index is 588. The van der Waals surface area contributed by atoms with E-state index >= 15 is 0 Å². The molecule has 0 spiro atoms. The third kappa shape index (κ3) is 3.44. The maximum absolute atomic E-state index is 11.5. The number of hydrogen-bond acceptors (Lipinski definition) is 2. The highest BCUT2D eigenvalue weighted by Crippen LogP contribution is 2.24. The van der Waals surface area contributed by atoms with E-state index in [4.69, 9.17) is 4.74 Å². The molecule has 0 aliphatic carbocycles. The lowest BCUT2D eigenvalue weighted by molar-refractivity contribution is 0.102. The summed E-state index contributed by atoms with van der Waals surface area (Å²) in [7, 11) is 0. The number of Topliss-reactive ketones (excluding diaryl/α,β-unsaturated/α-hetero) is 1. The fourth-order valence-electron chi connectivity index (χ4n) is 1.70. The molecule has 98 valence electrons. The fourth-order valence-corrected chi connectivity index (χ4v) is 2.02. The van der Waals surface area contributed by atoms with Crippen molar-refractivity contribution in [2.45, 2.75) is 13.8 Å².